The summed E-state index contributed by atoms with van der Waals surface area (Å²) in [7, 11) is 6.44. The average Bonchev–Trinajstić information content (AvgIpc) is 4.00. The highest BCUT2D eigenvalue weighted by atomic mass is 35.5. The average molecular weight is 757 g/mol. The normalized spacial score (nSPS) is 19.1. The maximum atomic E-state index is 12.6. The van der Waals surface area contributed by atoms with Gasteiger partial charge < -0.3 is 42.7 Å². The summed E-state index contributed by atoms with van der Waals surface area (Å²) in [5.41, 5.74) is 10.0. The third kappa shape index (κ3) is 9.69. The lowest BCUT2D eigenvalue weighted by molar-refractivity contribution is -0.116. The molecule has 2 aliphatic heterocycles. The van der Waals surface area contributed by atoms with Crippen molar-refractivity contribution in [3.05, 3.63) is 80.3 Å². The number of aryl methyl sites for hydroxylation is 4. The van der Waals surface area contributed by atoms with E-state index in [1.165, 1.54) is 46.6 Å². The van der Waals surface area contributed by atoms with Crippen molar-refractivity contribution < 1.29 is 41.4 Å². The molecule has 2 atom stereocenters. The standard InChI is InChI=1S/C20H26N2O3.C17H21NO2.C3H6ClNO.ClH/c1-6-13-10-15(14-7-8-14)9-11(2)16(13)17-18(12(3)21-19(17)23)25-20(24)22(4)5;1-4-11-8-13(12-5-6-12)7-9(2)14(11)15-16(19)10(3)18-17(15)20;1-5(2)3(4)6;/h9-10,12,14H,6-8H2,1-5H3,(H,21,23);7-8,10,12,19H,4-6H2,1-3H3,(H,18,20);1-2H3;1H/p-1. The summed E-state index contributed by atoms with van der Waals surface area (Å²) >= 11 is 4.90. The molecule has 2 heterocycles. The van der Waals surface area contributed by atoms with Gasteiger partial charge in [-0.15, -0.1) is 0 Å². The van der Waals surface area contributed by atoms with Gasteiger partial charge in [0.05, 0.1) is 23.2 Å². The zero-order valence-corrected chi connectivity index (χ0v) is 33.5. The molecule has 4 aliphatic rings. The topological polar surface area (TPSA) is 128 Å². The summed E-state index contributed by atoms with van der Waals surface area (Å²) in [6, 6.07) is 8.19. The van der Waals surface area contributed by atoms with Crippen molar-refractivity contribution in [3.8, 4) is 0 Å². The van der Waals surface area contributed by atoms with Crippen LogP contribution in [0.2, 0.25) is 0 Å². The molecular formula is C40H53Cl2N4O6-. The second-order valence-electron chi connectivity index (χ2n) is 14.3. The van der Waals surface area contributed by atoms with Crippen LogP contribution in [0.3, 0.4) is 0 Å². The fourth-order valence-electron chi connectivity index (χ4n) is 6.49. The molecule has 0 radical (unpaired) electrons. The van der Waals surface area contributed by atoms with E-state index in [0.717, 1.165) is 46.2 Å². The van der Waals surface area contributed by atoms with Crippen LogP contribution in [-0.2, 0) is 27.2 Å². The van der Waals surface area contributed by atoms with Crippen LogP contribution in [0.25, 0.3) is 11.1 Å². The number of benzene rings is 2. The zero-order chi connectivity index (χ0) is 37.9. The van der Waals surface area contributed by atoms with Crippen LogP contribution in [0.15, 0.2) is 35.8 Å². The van der Waals surface area contributed by atoms with Gasteiger partial charge in [0.15, 0.2) is 0 Å². The Morgan fingerprint density at radius 3 is 1.52 bits per heavy atom. The first-order valence-electron chi connectivity index (χ1n) is 17.8. The molecule has 2 aliphatic carbocycles. The molecule has 52 heavy (non-hydrogen) atoms. The number of hydrogen-bond acceptors (Lipinski definition) is 6. The Balaban J connectivity index is 0.000000242. The number of hydrogen-bond donors (Lipinski definition) is 3. The number of amides is 4. The summed E-state index contributed by atoms with van der Waals surface area (Å²) in [5.74, 6) is 1.62. The van der Waals surface area contributed by atoms with E-state index in [2.05, 4.69) is 48.7 Å². The second kappa shape index (κ2) is 17.7. The van der Waals surface area contributed by atoms with Gasteiger partial charge in [-0.2, -0.15) is 0 Å². The molecule has 2 saturated carbocycles. The summed E-state index contributed by atoms with van der Waals surface area (Å²) in [6.45, 7) is 11.9. The van der Waals surface area contributed by atoms with E-state index in [1.54, 1.807) is 35.1 Å². The minimum absolute atomic E-state index is 0. The third-order valence-corrected chi connectivity index (χ3v) is 9.95. The van der Waals surface area contributed by atoms with Crippen molar-refractivity contribution in [1.82, 2.24) is 20.4 Å². The van der Waals surface area contributed by atoms with Gasteiger partial charge in [-0.05, 0) is 134 Å². The number of carbonyl (C=O) groups excluding carboxylic acids is 4. The summed E-state index contributed by atoms with van der Waals surface area (Å²) in [4.78, 5) is 49.3. The van der Waals surface area contributed by atoms with Crippen LogP contribution in [0.5, 0.6) is 0 Å². The Bertz CT molecular complexity index is 1780. The highest BCUT2D eigenvalue weighted by molar-refractivity contribution is 6.62. The number of aliphatic hydroxyl groups is 1. The van der Waals surface area contributed by atoms with Gasteiger partial charge in [0.2, 0.25) is 0 Å². The quantitative estimate of drug-likeness (QED) is 0.282. The van der Waals surface area contributed by atoms with E-state index in [0.29, 0.717) is 28.7 Å². The molecule has 2 unspecified atom stereocenters. The Morgan fingerprint density at radius 2 is 1.17 bits per heavy atom. The van der Waals surface area contributed by atoms with Gasteiger partial charge in [0, 0.05) is 28.2 Å². The number of rotatable bonds is 7. The molecule has 2 aromatic carbocycles. The molecule has 2 aromatic rings. The number of nitrogens with zero attached hydrogens (tertiary/aromatic N) is 2. The van der Waals surface area contributed by atoms with Crippen LogP contribution in [0.4, 0.5) is 9.59 Å². The predicted octanol–water partition coefficient (Wildman–Crippen LogP) is 4.50. The van der Waals surface area contributed by atoms with E-state index in [4.69, 9.17) is 16.3 Å². The Hall–Kier alpha value is -4.02. The van der Waals surface area contributed by atoms with Crippen LogP contribution < -0.4 is 23.0 Å². The first-order chi connectivity index (χ1) is 24.0. The minimum Gasteiger partial charge on any atom is -1.00 e. The van der Waals surface area contributed by atoms with E-state index in [1.807, 2.05) is 20.8 Å². The monoisotopic (exact) mass is 755 g/mol. The SMILES string of the molecule is CCc1cc(C2CC2)cc(C)c1C1=C(O)C(C)NC1=O.CCc1cc(C2CC2)cc(C)c1C1=C(OC(=O)N(C)C)C(C)NC1=O.CN(C)C(=O)Cl.[Cl-]. The number of carbonyl (C=O) groups is 4. The first kappa shape index (κ1) is 42.4. The fourth-order valence-corrected chi connectivity index (χ4v) is 6.49. The molecule has 0 saturated heterocycles. The molecule has 284 valence electrons. The molecular weight excluding hydrogens is 703 g/mol. The van der Waals surface area contributed by atoms with E-state index in [-0.39, 0.29) is 42.1 Å². The molecule has 3 N–H and O–H groups in total. The van der Waals surface area contributed by atoms with Gasteiger partial charge in [-0.25, -0.2) is 4.79 Å². The molecule has 6 rings (SSSR count). The first-order valence-corrected chi connectivity index (χ1v) is 18.2. The number of ether oxygens (including phenoxy) is 1. The predicted molar refractivity (Wildman–Crippen MR) is 202 cm³/mol. The molecule has 2 fully saturated rings. The fraction of sp³-hybridized carbons (Fsp3) is 0.500. The Morgan fingerprint density at radius 1 is 0.769 bits per heavy atom. The highest BCUT2D eigenvalue weighted by Gasteiger charge is 2.36. The summed E-state index contributed by atoms with van der Waals surface area (Å²) < 4.78 is 5.55. The minimum atomic E-state index is -0.471. The molecule has 12 heteroatoms. The van der Waals surface area contributed by atoms with Crippen LogP contribution in [0, 0.1) is 13.8 Å². The Kier molecular flexibility index (Phi) is 14.4. The highest BCUT2D eigenvalue weighted by Crippen LogP contribution is 2.44. The van der Waals surface area contributed by atoms with Crippen LogP contribution >= 0.6 is 11.6 Å². The van der Waals surface area contributed by atoms with Crippen LogP contribution in [-0.4, -0.2) is 78.5 Å². The second-order valence-corrected chi connectivity index (χ2v) is 14.6. The number of aliphatic hydroxyl groups excluding tert-OH is 1. The van der Waals surface area contributed by atoms with Crippen molar-refractivity contribution >= 4 is 46.0 Å². The van der Waals surface area contributed by atoms with Gasteiger partial charge in [-0.1, -0.05) is 38.1 Å². The number of nitrogens with one attached hydrogen (secondary N) is 2. The molecule has 10 nitrogen and oxygen atoms in total. The van der Waals surface area contributed by atoms with E-state index in [9.17, 15) is 24.3 Å². The third-order valence-electron chi connectivity index (χ3n) is 9.61. The van der Waals surface area contributed by atoms with Crippen molar-refractivity contribution in [3.63, 3.8) is 0 Å². The van der Waals surface area contributed by atoms with Crippen molar-refractivity contribution in [2.75, 3.05) is 28.2 Å². The van der Waals surface area contributed by atoms with Crippen molar-refractivity contribution in [1.29, 1.82) is 0 Å². The zero-order valence-electron chi connectivity index (χ0n) is 32.0. The summed E-state index contributed by atoms with van der Waals surface area (Å²) in [6.07, 6.45) is 6.26. The smallest absolute Gasteiger partial charge is 0.414 e. The van der Waals surface area contributed by atoms with Gasteiger partial charge in [0.25, 0.3) is 11.8 Å². The Labute approximate surface area is 319 Å². The lowest BCUT2D eigenvalue weighted by Crippen LogP contribution is -3.00. The van der Waals surface area contributed by atoms with E-state index < -0.39 is 11.5 Å². The van der Waals surface area contributed by atoms with E-state index >= 15 is 0 Å². The lowest BCUT2D eigenvalue weighted by Gasteiger charge is -2.17. The molecule has 4 amide bonds. The van der Waals surface area contributed by atoms with Crippen molar-refractivity contribution in [2.24, 2.45) is 0 Å². The maximum absolute atomic E-state index is 12.6. The summed E-state index contributed by atoms with van der Waals surface area (Å²) in [5, 5.41) is 15.4. The molecule has 0 spiro atoms. The molecule has 0 aromatic heterocycles. The lowest BCUT2D eigenvalue weighted by atomic mass is 9.89. The van der Waals surface area contributed by atoms with Gasteiger partial charge in [-0.3, -0.25) is 14.4 Å². The van der Waals surface area contributed by atoms with Gasteiger partial charge >= 0.3 is 11.5 Å². The number of halogens is 2. The largest absolute Gasteiger partial charge is 1.00 e. The maximum Gasteiger partial charge on any atom is 0.414 e. The van der Waals surface area contributed by atoms with Crippen LogP contribution in [0.1, 0.15) is 110 Å². The van der Waals surface area contributed by atoms with Gasteiger partial charge in [0.1, 0.15) is 11.5 Å². The van der Waals surface area contributed by atoms with Crippen molar-refractivity contribution in [2.45, 2.75) is 104 Å². The molecule has 0 bridgehead atoms.